The number of nitrogens with two attached hydrogens (primary N) is 1. The standard InChI is InChI=1S/C12H13N3O2/c1-8-5-9(6-11(13)15-8)12(16)14-7-10-3-2-4-17-10/h2-6H,7H2,1H3,(H2,13,15)(H,14,16). The van der Waals surface area contributed by atoms with Gasteiger partial charge in [-0.15, -0.1) is 0 Å². The van der Waals surface area contributed by atoms with Crippen molar-refractivity contribution in [2.24, 2.45) is 0 Å². The van der Waals surface area contributed by atoms with Gasteiger partial charge in [0.1, 0.15) is 11.6 Å². The molecule has 2 heterocycles. The summed E-state index contributed by atoms with van der Waals surface area (Å²) < 4.78 is 5.12. The van der Waals surface area contributed by atoms with Gasteiger partial charge in [-0.1, -0.05) is 0 Å². The monoisotopic (exact) mass is 231 g/mol. The van der Waals surface area contributed by atoms with Crippen LogP contribution in [-0.2, 0) is 6.54 Å². The number of rotatable bonds is 3. The molecule has 0 aromatic carbocycles. The van der Waals surface area contributed by atoms with Gasteiger partial charge in [-0.2, -0.15) is 0 Å². The Balaban J connectivity index is 2.04. The van der Waals surface area contributed by atoms with E-state index in [4.69, 9.17) is 10.2 Å². The average Bonchev–Trinajstić information content (AvgIpc) is 2.77. The molecule has 0 bridgehead atoms. The average molecular weight is 231 g/mol. The minimum Gasteiger partial charge on any atom is -0.467 e. The molecule has 5 nitrogen and oxygen atoms in total. The number of aryl methyl sites for hydroxylation is 1. The Bertz CT molecular complexity index is 500. The highest BCUT2D eigenvalue weighted by atomic mass is 16.3. The Hall–Kier alpha value is -2.30. The number of amides is 1. The van der Waals surface area contributed by atoms with Crippen molar-refractivity contribution < 1.29 is 9.21 Å². The van der Waals surface area contributed by atoms with Crippen molar-refractivity contribution in [2.45, 2.75) is 13.5 Å². The van der Waals surface area contributed by atoms with Crippen molar-refractivity contribution in [1.29, 1.82) is 0 Å². The van der Waals surface area contributed by atoms with Crippen molar-refractivity contribution in [2.75, 3.05) is 5.73 Å². The lowest BCUT2D eigenvalue weighted by Crippen LogP contribution is -2.22. The van der Waals surface area contributed by atoms with E-state index in [2.05, 4.69) is 10.3 Å². The highest BCUT2D eigenvalue weighted by Crippen LogP contribution is 2.07. The maximum Gasteiger partial charge on any atom is 0.251 e. The summed E-state index contributed by atoms with van der Waals surface area (Å²) in [6.07, 6.45) is 1.57. The largest absolute Gasteiger partial charge is 0.467 e. The Labute approximate surface area is 98.6 Å². The number of nitrogens with one attached hydrogen (secondary N) is 1. The van der Waals surface area contributed by atoms with E-state index in [9.17, 15) is 4.79 Å². The topological polar surface area (TPSA) is 81.2 Å². The summed E-state index contributed by atoms with van der Waals surface area (Å²) in [4.78, 5) is 15.8. The van der Waals surface area contributed by atoms with Crippen LogP contribution in [0.15, 0.2) is 34.9 Å². The molecule has 2 aromatic rings. The highest BCUT2D eigenvalue weighted by molar-refractivity contribution is 5.94. The number of aromatic nitrogens is 1. The van der Waals surface area contributed by atoms with Gasteiger partial charge >= 0.3 is 0 Å². The molecule has 0 aliphatic rings. The number of pyridine rings is 1. The van der Waals surface area contributed by atoms with E-state index in [1.807, 2.05) is 0 Å². The fraction of sp³-hybridized carbons (Fsp3) is 0.167. The van der Waals surface area contributed by atoms with Gasteiger partial charge in [0.15, 0.2) is 0 Å². The SMILES string of the molecule is Cc1cc(C(=O)NCc2ccco2)cc(N)n1. The number of hydrogen-bond acceptors (Lipinski definition) is 4. The minimum atomic E-state index is -0.196. The quantitative estimate of drug-likeness (QED) is 0.838. The van der Waals surface area contributed by atoms with E-state index in [-0.39, 0.29) is 5.91 Å². The maximum atomic E-state index is 11.8. The van der Waals surface area contributed by atoms with Gasteiger partial charge in [0.25, 0.3) is 5.91 Å². The zero-order valence-corrected chi connectivity index (χ0v) is 9.43. The van der Waals surface area contributed by atoms with Crippen molar-refractivity contribution in [3.05, 3.63) is 47.5 Å². The summed E-state index contributed by atoms with van der Waals surface area (Å²) in [5.41, 5.74) is 6.80. The Morgan fingerprint density at radius 3 is 3.00 bits per heavy atom. The molecular weight excluding hydrogens is 218 g/mol. The first-order valence-electron chi connectivity index (χ1n) is 5.20. The molecule has 0 saturated carbocycles. The molecule has 2 aromatic heterocycles. The molecule has 0 radical (unpaired) electrons. The smallest absolute Gasteiger partial charge is 0.251 e. The van der Waals surface area contributed by atoms with Gasteiger partial charge < -0.3 is 15.5 Å². The van der Waals surface area contributed by atoms with Crippen molar-refractivity contribution in [3.8, 4) is 0 Å². The molecule has 17 heavy (non-hydrogen) atoms. The van der Waals surface area contributed by atoms with E-state index in [0.717, 1.165) is 0 Å². The summed E-state index contributed by atoms with van der Waals surface area (Å²) in [6, 6.07) is 6.81. The number of furan rings is 1. The first-order valence-corrected chi connectivity index (χ1v) is 5.20. The molecule has 0 atom stereocenters. The normalized spacial score (nSPS) is 10.2. The maximum absolute atomic E-state index is 11.8. The summed E-state index contributed by atoms with van der Waals surface area (Å²) in [5.74, 6) is 0.851. The zero-order chi connectivity index (χ0) is 12.3. The summed E-state index contributed by atoms with van der Waals surface area (Å²) >= 11 is 0. The number of hydrogen-bond donors (Lipinski definition) is 2. The Kier molecular flexibility index (Phi) is 3.09. The molecule has 88 valence electrons. The molecule has 0 fully saturated rings. The molecule has 3 N–H and O–H groups in total. The molecule has 0 unspecified atom stereocenters. The second kappa shape index (κ2) is 4.69. The summed E-state index contributed by atoms with van der Waals surface area (Å²) in [6.45, 7) is 2.15. The number of carbonyl (C=O) groups excluding carboxylic acids is 1. The molecular formula is C12H13N3O2. The van der Waals surface area contributed by atoms with Crippen LogP contribution in [0.3, 0.4) is 0 Å². The van der Waals surface area contributed by atoms with Crippen LogP contribution >= 0.6 is 0 Å². The summed E-state index contributed by atoms with van der Waals surface area (Å²) in [5, 5.41) is 2.74. The van der Waals surface area contributed by atoms with Crippen LogP contribution in [-0.4, -0.2) is 10.9 Å². The van der Waals surface area contributed by atoms with Crippen LogP contribution in [0.4, 0.5) is 5.82 Å². The predicted octanol–water partition coefficient (Wildman–Crippen LogP) is 1.50. The first-order chi connectivity index (χ1) is 8.15. The van der Waals surface area contributed by atoms with Gasteiger partial charge in [0.05, 0.1) is 12.8 Å². The van der Waals surface area contributed by atoms with Crippen LogP contribution in [0.5, 0.6) is 0 Å². The first kappa shape index (κ1) is 11.2. The molecule has 0 saturated heterocycles. The van der Waals surface area contributed by atoms with Gasteiger partial charge in [-0.25, -0.2) is 4.98 Å². The summed E-state index contributed by atoms with van der Waals surface area (Å²) in [7, 11) is 0. The van der Waals surface area contributed by atoms with Crippen LogP contribution < -0.4 is 11.1 Å². The third-order valence-electron chi connectivity index (χ3n) is 2.24. The number of anilines is 1. The fourth-order valence-electron chi connectivity index (χ4n) is 1.51. The second-order valence-corrected chi connectivity index (χ2v) is 3.68. The van der Waals surface area contributed by atoms with Crippen molar-refractivity contribution in [1.82, 2.24) is 10.3 Å². The van der Waals surface area contributed by atoms with Crippen LogP contribution in [0, 0.1) is 6.92 Å². The molecule has 1 amide bonds. The lowest BCUT2D eigenvalue weighted by atomic mass is 10.2. The van der Waals surface area contributed by atoms with E-state index in [0.29, 0.717) is 29.4 Å². The fourth-order valence-corrected chi connectivity index (χ4v) is 1.51. The van der Waals surface area contributed by atoms with Gasteiger partial charge in [0.2, 0.25) is 0 Å². The third-order valence-corrected chi connectivity index (χ3v) is 2.24. The molecule has 0 aliphatic carbocycles. The highest BCUT2D eigenvalue weighted by Gasteiger charge is 2.07. The minimum absolute atomic E-state index is 0.196. The third kappa shape index (κ3) is 2.84. The van der Waals surface area contributed by atoms with Gasteiger partial charge in [0, 0.05) is 11.3 Å². The molecule has 5 heteroatoms. The van der Waals surface area contributed by atoms with Crippen LogP contribution in [0.1, 0.15) is 21.8 Å². The predicted molar refractivity (Wildman–Crippen MR) is 63.3 cm³/mol. The molecule has 0 spiro atoms. The van der Waals surface area contributed by atoms with E-state index in [1.54, 1.807) is 37.5 Å². The zero-order valence-electron chi connectivity index (χ0n) is 9.43. The van der Waals surface area contributed by atoms with E-state index >= 15 is 0 Å². The van der Waals surface area contributed by atoms with Crippen molar-refractivity contribution in [3.63, 3.8) is 0 Å². The molecule has 0 aliphatic heterocycles. The van der Waals surface area contributed by atoms with Crippen LogP contribution in [0.25, 0.3) is 0 Å². The molecule has 2 rings (SSSR count). The number of nitrogen functional groups attached to an aromatic ring is 1. The number of carbonyl (C=O) groups is 1. The Morgan fingerprint density at radius 2 is 2.35 bits per heavy atom. The van der Waals surface area contributed by atoms with E-state index < -0.39 is 0 Å². The van der Waals surface area contributed by atoms with Crippen molar-refractivity contribution >= 4 is 11.7 Å². The Morgan fingerprint density at radius 1 is 1.53 bits per heavy atom. The van der Waals surface area contributed by atoms with Crippen LogP contribution in [0.2, 0.25) is 0 Å². The number of nitrogens with zero attached hydrogens (tertiary/aromatic N) is 1. The second-order valence-electron chi connectivity index (χ2n) is 3.68. The lowest BCUT2D eigenvalue weighted by molar-refractivity contribution is 0.0948. The van der Waals surface area contributed by atoms with E-state index in [1.165, 1.54) is 0 Å². The lowest BCUT2D eigenvalue weighted by Gasteiger charge is -2.05. The van der Waals surface area contributed by atoms with Gasteiger partial charge in [-0.3, -0.25) is 4.79 Å². The van der Waals surface area contributed by atoms with Gasteiger partial charge in [-0.05, 0) is 31.2 Å².